The number of hydrogen-bond donors (Lipinski definition) is 3. The van der Waals surface area contributed by atoms with Gasteiger partial charge in [-0.3, -0.25) is 4.79 Å². The number of phenols is 3. The topological polar surface area (TPSA) is 77.8 Å². The first-order valence-corrected chi connectivity index (χ1v) is 8.31. The fourth-order valence-corrected chi connectivity index (χ4v) is 2.54. The Morgan fingerprint density at radius 2 is 1.61 bits per heavy atom. The molecule has 0 unspecified atom stereocenters. The maximum absolute atomic E-state index is 12.3. The van der Waals surface area contributed by atoms with Crippen molar-refractivity contribution in [1.29, 1.82) is 0 Å². The second kappa shape index (κ2) is 8.61. The van der Waals surface area contributed by atoms with Crippen LogP contribution < -0.4 is 0 Å². The van der Waals surface area contributed by atoms with Gasteiger partial charge in [0.25, 0.3) is 0 Å². The molecule has 1 rings (SSSR count). The molecular weight excluding hydrogens is 292 g/mol. The molecule has 128 valence electrons. The molecule has 0 fully saturated rings. The van der Waals surface area contributed by atoms with E-state index in [0.29, 0.717) is 5.57 Å². The van der Waals surface area contributed by atoms with Gasteiger partial charge in [-0.25, -0.2) is 0 Å². The largest absolute Gasteiger partial charge is 0.507 e. The van der Waals surface area contributed by atoms with Gasteiger partial charge in [0.1, 0.15) is 22.8 Å². The van der Waals surface area contributed by atoms with Crippen molar-refractivity contribution in [3.05, 3.63) is 23.8 Å². The number of allylic oxidation sites excluding steroid dienone is 1. The molecule has 1 aromatic carbocycles. The third-order valence-electron chi connectivity index (χ3n) is 4.06. The summed E-state index contributed by atoms with van der Waals surface area (Å²) in [6, 6.07) is 1.10. The average molecular weight is 320 g/mol. The Balaban J connectivity index is 3.00. The van der Waals surface area contributed by atoms with Crippen molar-refractivity contribution in [2.24, 2.45) is 5.92 Å². The van der Waals surface area contributed by atoms with Crippen molar-refractivity contribution in [2.75, 3.05) is 0 Å². The number of benzene rings is 1. The van der Waals surface area contributed by atoms with E-state index in [2.05, 4.69) is 13.5 Å². The Hall–Kier alpha value is -1.97. The van der Waals surface area contributed by atoms with Crippen LogP contribution in [0.25, 0.3) is 5.57 Å². The van der Waals surface area contributed by atoms with Gasteiger partial charge in [0.2, 0.25) is 0 Å². The number of carbonyl (C=O) groups excluding carboxylic acids is 1. The van der Waals surface area contributed by atoms with Crippen LogP contribution in [0.3, 0.4) is 0 Å². The van der Waals surface area contributed by atoms with Gasteiger partial charge >= 0.3 is 0 Å². The molecular formula is C19H28O4. The van der Waals surface area contributed by atoms with Gasteiger partial charge in [0.05, 0.1) is 5.56 Å². The number of carbonyl (C=O) groups is 1. The molecule has 4 nitrogen and oxygen atoms in total. The highest BCUT2D eigenvalue weighted by Gasteiger charge is 2.24. The first-order chi connectivity index (χ1) is 10.8. The van der Waals surface area contributed by atoms with E-state index in [1.165, 1.54) is 0 Å². The average Bonchev–Trinajstić information content (AvgIpc) is 2.46. The van der Waals surface area contributed by atoms with E-state index in [0.717, 1.165) is 38.2 Å². The van der Waals surface area contributed by atoms with Crippen molar-refractivity contribution in [3.8, 4) is 17.2 Å². The fraction of sp³-hybridized carbons (Fsp3) is 0.526. The van der Waals surface area contributed by atoms with Crippen LogP contribution in [-0.2, 0) is 0 Å². The summed E-state index contributed by atoms with van der Waals surface area (Å²) >= 11 is 0. The summed E-state index contributed by atoms with van der Waals surface area (Å²) in [7, 11) is 0. The maximum atomic E-state index is 12.3. The summed E-state index contributed by atoms with van der Waals surface area (Å²) in [5.74, 6) is -1.35. The Bertz CT molecular complexity index is 573. The minimum atomic E-state index is -0.390. The maximum Gasteiger partial charge on any atom is 0.170 e. The SMILES string of the molecule is C=C(c1c(O)cc(O)c(C(=O)CCCCCCC)c1O)C(C)C. The van der Waals surface area contributed by atoms with E-state index in [9.17, 15) is 20.1 Å². The molecule has 0 atom stereocenters. The highest BCUT2D eigenvalue weighted by atomic mass is 16.3. The zero-order chi connectivity index (χ0) is 17.6. The van der Waals surface area contributed by atoms with Gasteiger partial charge in [-0.2, -0.15) is 0 Å². The minimum absolute atomic E-state index is 0.00617. The predicted molar refractivity (Wildman–Crippen MR) is 93.0 cm³/mol. The summed E-state index contributed by atoms with van der Waals surface area (Å²) in [5.41, 5.74) is 0.555. The summed E-state index contributed by atoms with van der Waals surface area (Å²) in [6.07, 6.45) is 5.29. The molecule has 0 saturated heterocycles. The van der Waals surface area contributed by atoms with Crippen LogP contribution in [0.15, 0.2) is 12.6 Å². The number of hydrogen-bond acceptors (Lipinski definition) is 4. The predicted octanol–water partition coefficient (Wildman–Crippen LogP) is 5.02. The Labute approximate surface area is 138 Å². The van der Waals surface area contributed by atoms with E-state index in [4.69, 9.17) is 0 Å². The van der Waals surface area contributed by atoms with Gasteiger partial charge in [-0.15, -0.1) is 0 Å². The number of unbranched alkanes of at least 4 members (excludes halogenated alkanes) is 4. The standard InChI is InChI=1S/C19H28O4/c1-5-6-7-8-9-10-14(20)18-16(22)11-15(21)17(19(18)23)13(4)12(2)3/h11-12,21-23H,4-10H2,1-3H3. The number of phenolic OH excluding ortho intramolecular Hbond substituents is 3. The zero-order valence-electron chi connectivity index (χ0n) is 14.4. The van der Waals surface area contributed by atoms with Gasteiger partial charge in [-0.1, -0.05) is 53.0 Å². The van der Waals surface area contributed by atoms with Crippen molar-refractivity contribution in [3.63, 3.8) is 0 Å². The van der Waals surface area contributed by atoms with E-state index < -0.39 is 0 Å². The summed E-state index contributed by atoms with van der Waals surface area (Å²) in [4.78, 5) is 12.3. The zero-order valence-corrected chi connectivity index (χ0v) is 14.4. The molecule has 0 radical (unpaired) electrons. The van der Waals surface area contributed by atoms with Crippen LogP contribution >= 0.6 is 0 Å². The number of rotatable bonds is 9. The molecule has 0 heterocycles. The third-order valence-corrected chi connectivity index (χ3v) is 4.06. The first kappa shape index (κ1) is 19.1. The number of ketones is 1. The molecule has 4 heteroatoms. The molecule has 0 aliphatic rings. The van der Waals surface area contributed by atoms with Crippen LogP contribution in [0.2, 0.25) is 0 Å². The lowest BCUT2D eigenvalue weighted by atomic mass is 9.91. The van der Waals surface area contributed by atoms with E-state index in [-0.39, 0.29) is 46.5 Å². The Kier molecular flexibility index (Phi) is 7.14. The van der Waals surface area contributed by atoms with Crippen LogP contribution in [0.4, 0.5) is 0 Å². The Morgan fingerprint density at radius 1 is 1.04 bits per heavy atom. The van der Waals surface area contributed by atoms with E-state index in [1.807, 2.05) is 13.8 Å². The third kappa shape index (κ3) is 4.75. The molecule has 0 saturated carbocycles. The highest BCUT2D eigenvalue weighted by Crippen LogP contribution is 2.43. The number of Topliss-reactive ketones (excluding diaryl/α,β-unsaturated/α-hetero) is 1. The molecule has 3 N–H and O–H groups in total. The minimum Gasteiger partial charge on any atom is -0.507 e. The molecule has 0 aliphatic heterocycles. The van der Waals surface area contributed by atoms with Gasteiger partial charge in [0.15, 0.2) is 5.78 Å². The smallest absolute Gasteiger partial charge is 0.170 e. The number of aromatic hydroxyl groups is 3. The lowest BCUT2D eigenvalue weighted by Crippen LogP contribution is -2.03. The summed E-state index contributed by atoms with van der Waals surface area (Å²) in [5, 5.41) is 30.3. The van der Waals surface area contributed by atoms with Gasteiger partial charge < -0.3 is 15.3 Å². The molecule has 1 aromatic rings. The second-order valence-corrected chi connectivity index (χ2v) is 6.28. The Morgan fingerprint density at radius 3 is 2.17 bits per heavy atom. The quantitative estimate of drug-likeness (QED) is 0.441. The highest BCUT2D eigenvalue weighted by molar-refractivity contribution is 6.03. The van der Waals surface area contributed by atoms with Crippen molar-refractivity contribution < 1.29 is 20.1 Å². The lowest BCUT2D eigenvalue weighted by Gasteiger charge is -2.17. The van der Waals surface area contributed by atoms with Gasteiger partial charge in [-0.05, 0) is 17.9 Å². The molecule has 0 amide bonds. The normalized spacial score (nSPS) is 11.0. The summed E-state index contributed by atoms with van der Waals surface area (Å²) in [6.45, 7) is 9.74. The first-order valence-electron chi connectivity index (χ1n) is 8.31. The monoisotopic (exact) mass is 320 g/mol. The van der Waals surface area contributed by atoms with Crippen molar-refractivity contribution >= 4 is 11.4 Å². The second-order valence-electron chi connectivity index (χ2n) is 6.28. The fourth-order valence-electron chi connectivity index (χ4n) is 2.54. The van der Waals surface area contributed by atoms with Crippen LogP contribution in [0.5, 0.6) is 17.2 Å². The molecule has 0 aromatic heterocycles. The van der Waals surface area contributed by atoms with Crippen LogP contribution in [-0.4, -0.2) is 21.1 Å². The van der Waals surface area contributed by atoms with Crippen LogP contribution in [0.1, 0.15) is 75.2 Å². The van der Waals surface area contributed by atoms with E-state index >= 15 is 0 Å². The molecule has 0 aliphatic carbocycles. The van der Waals surface area contributed by atoms with Crippen molar-refractivity contribution in [1.82, 2.24) is 0 Å². The van der Waals surface area contributed by atoms with Crippen molar-refractivity contribution in [2.45, 2.75) is 59.3 Å². The summed E-state index contributed by atoms with van der Waals surface area (Å²) < 4.78 is 0. The van der Waals surface area contributed by atoms with E-state index in [1.54, 1.807) is 0 Å². The van der Waals surface area contributed by atoms with Gasteiger partial charge in [0, 0.05) is 12.5 Å². The molecule has 23 heavy (non-hydrogen) atoms. The van der Waals surface area contributed by atoms with Crippen LogP contribution in [0, 0.1) is 5.92 Å². The lowest BCUT2D eigenvalue weighted by molar-refractivity contribution is 0.0973. The molecule has 0 bridgehead atoms. The molecule has 0 spiro atoms.